The molecule has 3 aliphatic rings. The van der Waals surface area contributed by atoms with E-state index in [1.54, 1.807) is 0 Å². The molecular formula is C22H22Cl2N2O. The van der Waals surface area contributed by atoms with Gasteiger partial charge in [-0.3, -0.25) is 4.90 Å². The molecule has 0 saturated carbocycles. The van der Waals surface area contributed by atoms with Crippen LogP contribution in [-0.2, 0) is 11.4 Å². The zero-order valence-electron chi connectivity index (χ0n) is 15.0. The molecule has 3 saturated heterocycles. The molecule has 3 aliphatic heterocycles. The summed E-state index contributed by atoms with van der Waals surface area (Å²) in [5, 5.41) is 5.87. The topological polar surface area (TPSA) is 24.8 Å². The van der Waals surface area contributed by atoms with Crippen molar-refractivity contribution in [1.82, 2.24) is 4.90 Å². The van der Waals surface area contributed by atoms with Crippen LogP contribution in [0.25, 0.3) is 0 Å². The highest BCUT2D eigenvalue weighted by Gasteiger charge is 2.54. The Bertz CT molecular complexity index is 870. The maximum atomic E-state index is 6.31. The van der Waals surface area contributed by atoms with E-state index in [0.717, 1.165) is 18.5 Å². The first kappa shape index (κ1) is 17.5. The number of hydrogen-bond donors (Lipinski definition) is 0. The standard InChI is InChI=1S/C22H22Cl2N2O/c23-18-8-6-15(10-19(18)24)17-11-16-7-9-21-22(17)20(12-26(16)21)25-27-13-14-4-2-1-3-5-14/h1-6,8,10,16-17,21-22H,7,9,11-13H2/t16-,17+,21+,22+/m0/s1. The Hall–Kier alpha value is -1.55. The number of hydrogen-bond acceptors (Lipinski definition) is 3. The second-order valence-electron chi connectivity index (χ2n) is 7.85. The van der Waals surface area contributed by atoms with E-state index in [1.807, 2.05) is 30.3 Å². The molecule has 2 aromatic carbocycles. The van der Waals surface area contributed by atoms with Crippen molar-refractivity contribution in [2.45, 2.75) is 43.9 Å². The minimum atomic E-state index is 0.414. The van der Waals surface area contributed by atoms with Gasteiger partial charge in [-0.2, -0.15) is 0 Å². The molecule has 2 aromatic rings. The van der Waals surface area contributed by atoms with Gasteiger partial charge in [0.05, 0.1) is 15.8 Å². The number of rotatable bonds is 4. The summed E-state index contributed by atoms with van der Waals surface area (Å²) in [6, 6.07) is 17.5. The van der Waals surface area contributed by atoms with Gasteiger partial charge in [-0.15, -0.1) is 0 Å². The monoisotopic (exact) mass is 400 g/mol. The number of oxime groups is 1. The van der Waals surface area contributed by atoms with E-state index in [-0.39, 0.29) is 0 Å². The van der Waals surface area contributed by atoms with Gasteiger partial charge < -0.3 is 4.84 Å². The molecule has 5 atom stereocenters. The van der Waals surface area contributed by atoms with E-state index in [9.17, 15) is 0 Å². The van der Waals surface area contributed by atoms with E-state index in [0.29, 0.717) is 40.6 Å². The van der Waals surface area contributed by atoms with E-state index < -0.39 is 0 Å². The number of piperidine rings is 1. The lowest BCUT2D eigenvalue weighted by Crippen LogP contribution is -2.40. The van der Waals surface area contributed by atoms with Crippen LogP contribution >= 0.6 is 23.2 Å². The van der Waals surface area contributed by atoms with Crippen LogP contribution in [0.3, 0.4) is 0 Å². The van der Waals surface area contributed by atoms with E-state index in [4.69, 9.17) is 28.0 Å². The molecule has 5 heteroatoms. The molecule has 1 unspecified atom stereocenters. The van der Waals surface area contributed by atoms with Crippen LogP contribution in [-0.4, -0.2) is 29.2 Å². The third kappa shape index (κ3) is 3.16. The number of nitrogens with zero attached hydrogens (tertiary/aromatic N) is 2. The van der Waals surface area contributed by atoms with Crippen LogP contribution in [0.15, 0.2) is 53.7 Å². The van der Waals surface area contributed by atoms with Gasteiger partial charge in [-0.05, 0) is 48.4 Å². The number of benzene rings is 2. The number of halogens is 2. The fourth-order valence-electron chi connectivity index (χ4n) is 5.25. The maximum absolute atomic E-state index is 6.31. The molecule has 140 valence electrons. The molecule has 0 N–H and O–H groups in total. The summed E-state index contributed by atoms with van der Waals surface area (Å²) in [5.74, 6) is 0.854. The summed E-state index contributed by atoms with van der Waals surface area (Å²) in [6.07, 6.45) is 3.71. The second kappa shape index (κ2) is 7.12. The minimum Gasteiger partial charge on any atom is -0.391 e. The lowest BCUT2D eigenvalue weighted by Gasteiger charge is -2.36. The van der Waals surface area contributed by atoms with Gasteiger partial charge in [-0.25, -0.2) is 0 Å². The largest absolute Gasteiger partial charge is 0.391 e. The van der Waals surface area contributed by atoms with Crippen molar-refractivity contribution in [2.24, 2.45) is 11.1 Å². The Morgan fingerprint density at radius 3 is 2.70 bits per heavy atom. The molecule has 3 heterocycles. The fourth-order valence-corrected chi connectivity index (χ4v) is 5.55. The van der Waals surface area contributed by atoms with Crippen molar-refractivity contribution < 1.29 is 4.84 Å². The Labute approximate surface area is 169 Å². The molecule has 3 nitrogen and oxygen atoms in total. The zero-order chi connectivity index (χ0) is 18.4. The predicted octanol–water partition coefficient (Wildman–Crippen LogP) is 5.52. The van der Waals surface area contributed by atoms with Gasteiger partial charge in [0.1, 0.15) is 6.61 Å². The minimum absolute atomic E-state index is 0.414. The molecule has 0 aliphatic carbocycles. The van der Waals surface area contributed by atoms with Gasteiger partial charge in [0, 0.05) is 24.5 Å². The van der Waals surface area contributed by atoms with Crippen molar-refractivity contribution >= 4 is 28.9 Å². The van der Waals surface area contributed by atoms with Gasteiger partial charge in [0.25, 0.3) is 0 Å². The summed E-state index contributed by atoms with van der Waals surface area (Å²) >= 11 is 12.5. The summed E-state index contributed by atoms with van der Waals surface area (Å²) < 4.78 is 0. The lowest BCUT2D eigenvalue weighted by molar-refractivity contribution is 0.128. The van der Waals surface area contributed by atoms with Crippen molar-refractivity contribution in [1.29, 1.82) is 0 Å². The van der Waals surface area contributed by atoms with Crippen LogP contribution in [0.2, 0.25) is 10.0 Å². The van der Waals surface area contributed by atoms with Gasteiger partial charge in [0.15, 0.2) is 0 Å². The molecule has 0 aromatic heterocycles. The third-order valence-electron chi connectivity index (χ3n) is 6.42. The molecule has 5 rings (SSSR count). The Balaban J connectivity index is 1.40. The van der Waals surface area contributed by atoms with E-state index >= 15 is 0 Å². The first-order valence-electron chi connectivity index (χ1n) is 9.64. The predicted molar refractivity (Wildman–Crippen MR) is 109 cm³/mol. The Morgan fingerprint density at radius 2 is 1.89 bits per heavy atom. The first-order valence-corrected chi connectivity index (χ1v) is 10.4. The van der Waals surface area contributed by atoms with Crippen LogP contribution in [0.1, 0.15) is 36.3 Å². The van der Waals surface area contributed by atoms with Gasteiger partial charge >= 0.3 is 0 Å². The summed E-state index contributed by atoms with van der Waals surface area (Å²) in [5.41, 5.74) is 3.61. The summed E-state index contributed by atoms with van der Waals surface area (Å²) in [6.45, 7) is 1.45. The lowest BCUT2D eigenvalue weighted by atomic mass is 9.77. The normalized spacial score (nSPS) is 32.8. The van der Waals surface area contributed by atoms with Crippen LogP contribution in [0.5, 0.6) is 0 Å². The quantitative estimate of drug-likeness (QED) is 0.631. The van der Waals surface area contributed by atoms with E-state index in [1.165, 1.54) is 24.1 Å². The van der Waals surface area contributed by atoms with Crippen LogP contribution in [0.4, 0.5) is 0 Å². The highest BCUT2D eigenvalue weighted by atomic mass is 35.5. The average Bonchev–Trinajstić information content (AvgIpc) is 3.10. The molecule has 0 radical (unpaired) electrons. The van der Waals surface area contributed by atoms with E-state index in [2.05, 4.69) is 28.3 Å². The molecule has 0 amide bonds. The highest BCUT2D eigenvalue weighted by Crippen LogP contribution is 2.51. The molecule has 27 heavy (non-hydrogen) atoms. The average molecular weight is 401 g/mol. The van der Waals surface area contributed by atoms with Crippen molar-refractivity contribution in [3.8, 4) is 0 Å². The SMILES string of the molecule is Clc1ccc([C@H]2C[C@@H]3CC[C@@H]4[C@H]2C(=NOCc2ccccc2)CN34)cc1Cl. The third-order valence-corrected chi connectivity index (χ3v) is 7.16. The highest BCUT2D eigenvalue weighted by molar-refractivity contribution is 6.42. The molecular weight excluding hydrogens is 379 g/mol. The van der Waals surface area contributed by atoms with Crippen molar-refractivity contribution in [3.63, 3.8) is 0 Å². The molecule has 0 spiro atoms. The second-order valence-corrected chi connectivity index (χ2v) is 8.67. The Morgan fingerprint density at radius 1 is 1.04 bits per heavy atom. The summed E-state index contributed by atoms with van der Waals surface area (Å²) in [4.78, 5) is 8.40. The van der Waals surface area contributed by atoms with Gasteiger partial charge in [0.2, 0.25) is 0 Å². The summed E-state index contributed by atoms with van der Waals surface area (Å²) in [7, 11) is 0. The van der Waals surface area contributed by atoms with Crippen molar-refractivity contribution in [3.05, 3.63) is 69.7 Å². The maximum Gasteiger partial charge on any atom is 0.142 e. The fraction of sp³-hybridized carbons (Fsp3) is 0.409. The van der Waals surface area contributed by atoms with Gasteiger partial charge in [-0.1, -0.05) is 64.8 Å². The van der Waals surface area contributed by atoms with Crippen molar-refractivity contribution in [2.75, 3.05) is 6.54 Å². The molecule has 4 bridgehead atoms. The Kier molecular flexibility index (Phi) is 4.63. The smallest absolute Gasteiger partial charge is 0.142 e. The zero-order valence-corrected chi connectivity index (χ0v) is 16.5. The van der Waals surface area contributed by atoms with Crippen LogP contribution in [0, 0.1) is 5.92 Å². The van der Waals surface area contributed by atoms with Crippen LogP contribution < -0.4 is 0 Å². The molecule has 3 fully saturated rings. The first-order chi connectivity index (χ1) is 13.2.